The number of hydrogen-bond acceptors (Lipinski definition) is 5. The van der Waals surface area contributed by atoms with Crippen LogP contribution in [0.1, 0.15) is 19.7 Å². The molecule has 26 heavy (non-hydrogen) atoms. The van der Waals surface area contributed by atoms with Crippen LogP contribution in [-0.4, -0.2) is 28.4 Å². The molecule has 0 fully saturated rings. The average Bonchev–Trinajstić information content (AvgIpc) is 3.11. The minimum atomic E-state index is -0.349. The van der Waals surface area contributed by atoms with Gasteiger partial charge < -0.3 is 14.2 Å². The van der Waals surface area contributed by atoms with E-state index in [0.29, 0.717) is 42.1 Å². The monoisotopic (exact) mass is 357 g/mol. The number of ether oxygens (including phenoxy) is 3. The summed E-state index contributed by atoms with van der Waals surface area (Å²) in [5.41, 5.74) is 0.796. The van der Waals surface area contributed by atoms with Gasteiger partial charge in [-0.2, -0.15) is 5.10 Å². The molecule has 2 aromatic carbocycles. The number of aromatic amines is 1. The highest BCUT2D eigenvalue weighted by Crippen LogP contribution is 2.31. The summed E-state index contributed by atoms with van der Waals surface area (Å²) in [6, 6.07) is 11.5. The molecule has 0 spiro atoms. The van der Waals surface area contributed by atoms with Gasteiger partial charge in [-0.25, -0.2) is 9.37 Å². The maximum Gasteiger partial charge on any atom is 0.181 e. The van der Waals surface area contributed by atoms with Crippen LogP contribution < -0.4 is 14.2 Å². The van der Waals surface area contributed by atoms with Crippen molar-refractivity contribution in [2.45, 2.75) is 20.5 Å². The zero-order valence-corrected chi connectivity index (χ0v) is 14.7. The Morgan fingerprint density at radius 2 is 1.77 bits per heavy atom. The Bertz CT molecular complexity index is 867. The fraction of sp³-hybridized carbons (Fsp3) is 0.263. The summed E-state index contributed by atoms with van der Waals surface area (Å²) in [6.07, 6.45) is 0. The van der Waals surface area contributed by atoms with Crippen LogP contribution in [0.3, 0.4) is 0 Å². The van der Waals surface area contributed by atoms with Gasteiger partial charge in [0.1, 0.15) is 18.2 Å². The van der Waals surface area contributed by atoms with Gasteiger partial charge in [0.05, 0.1) is 13.2 Å². The fourth-order valence-corrected chi connectivity index (χ4v) is 2.39. The second kappa shape index (κ2) is 8.33. The average molecular weight is 357 g/mol. The Labute approximate surface area is 150 Å². The van der Waals surface area contributed by atoms with E-state index in [4.69, 9.17) is 14.2 Å². The number of benzene rings is 2. The summed E-state index contributed by atoms with van der Waals surface area (Å²) < 4.78 is 29.9. The SMILES string of the molecule is CCOc1ccc(-c2n[nH]c(COc3cccc(F)c3)n2)cc1OCC. The number of nitrogens with one attached hydrogen (secondary N) is 1. The van der Waals surface area contributed by atoms with Crippen molar-refractivity contribution >= 4 is 0 Å². The van der Waals surface area contributed by atoms with Crippen LogP contribution in [0, 0.1) is 5.82 Å². The zero-order chi connectivity index (χ0) is 18.4. The highest BCUT2D eigenvalue weighted by molar-refractivity contribution is 5.60. The Morgan fingerprint density at radius 1 is 0.962 bits per heavy atom. The highest BCUT2D eigenvalue weighted by Gasteiger charge is 2.11. The van der Waals surface area contributed by atoms with E-state index in [1.165, 1.54) is 12.1 Å². The lowest BCUT2D eigenvalue weighted by atomic mass is 10.2. The third-order valence-electron chi connectivity index (χ3n) is 3.50. The van der Waals surface area contributed by atoms with Gasteiger partial charge in [-0.05, 0) is 44.2 Å². The molecule has 0 aliphatic carbocycles. The Balaban J connectivity index is 1.73. The van der Waals surface area contributed by atoms with Crippen molar-refractivity contribution in [2.24, 2.45) is 0 Å². The normalized spacial score (nSPS) is 10.6. The van der Waals surface area contributed by atoms with Gasteiger partial charge >= 0.3 is 0 Å². The summed E-state index contributed by atoms with van der Waals surface area (Å²) in [4.78, 5) is 4.41. The van der Waals surface area contributed by atoms with E-state index in [1.807, 2.05) is 32.0 Å². The van der Waals surface area contributed by atoms with E-state index >= 15 is 0 Å². The topological polar surface area (TPSA) is 69.3 Å². The van der Waals surface area contributed by atoms with Crippen molar-refractivity contribution in [2.75, 3.05) is 13.2 Å². The molecular weight excluding hydrogens is 337 g/mol. The van der Waals surface area contributed by atoms with Crippen LogP contribution in [0.2, 0.25) is 0 Å². The number of aromatic nitrogens is 3. The van der Waals surface area contributed by atoms with Crippen LogP contribution in [0.4, 0.5) is 4.39 Å². The second-order valence-electron chi connectivity index (χ2n) is 5.38. The van der Waals surface area contributed by atoms with Gasteiger partial charge in [0.25, 0.3) is 0 Å². The molecule has 1 heterocycles. The number of H-pyrrole nitrogens is 1. The zero-order valence-electron chi connectivity index (χ0n) is 14.7. The van der Waals surface area contributed by atoms with Crippen molar-refractivity contribution in [1.82, 2.24) is 15.2 Å². The standard InChI is InChI=1S/C19H20FN3O3/c1-3-24-16-9-8-13(10-17(16)25-4-2)19-21-18(22-23-19)12-26-15-7-5-6-14(20)11-15/h5-11H,3-4,12H2,1-2H3,(H,21,22,23). The van der Waals surface area contributed by atoms with Crippen LogP contribution in [0.15, 0.2) is 42.5 Å². The van der Waals surface area contributed by atoms with Crippen molar-refractivity contribution in [3.63, 3.8) is 0 Å². The molecule has 0 saturated heterocycles. The summed E-state index contributed by atoms with van der Waals surface area (Å²) >= 11 is 0. The molecule has 0 aliphatic heterocycles. The van der Waals surface area contributed by atoms with Gasteiger partial charge in [0, 0.05) is 11.6 Å². The second-order valence-corrected chi connectivity index (χ2v) is 5.38. The van der Waals surface area contributed by atoms with Crippen molar-refractivity contribution in [3.05, 3.63) is 54.1 Å². The summed E-state index contributed by atoms with van der Waals surface area (Å²) in [7, 11) is 0. The smallest absolute Gasteiger partial charge is 0.181 e. The fourth-order valence-electron chi connectivity index (χ4n) is 2.39. The lowest BCUT2D eigenvalue weighted by Gasteiger charge is -2.11. The molecule has 1 aromatic heterocycles. The number of rotatable bonds is 8. The van der Waals surface area contributed by atoms with E-state index < -0.39 is 0 Å². The van der Waals surface area contributed by atoms with E-state index in [2.05, 4.69) is 15.2 Å². The molecule has 7 heteroatoms. The first-order chi connectivity index (χ1) is 12.7. The minimum Gasteiger partial charge on any atom is -0.490 e. The molecule has 0 unspecified atom stereocenters. The van der Waals surface area contributed by atoms with Crippen molar-refractivity contribution < 1.29 is 18.6 Å². The first kappa shape index (κ1) is 17.7. The van der Waals surface area contributed by atoms with Gasteiger partial charge in [0.15, 0.2) is 23.1 Å². The maximum atomic E-state index is 13.2. The third kappa shape index (κ3) is 4.30. The summed E-state index contributed by atoms with van der Waals surface area (Å²) in [5.74, 6) is 2.47. The molecule has 0 bridgehead atoms. The predicted molar refractivity (Wildman–Crippen MR) is 94.9 cm³/mol. The molecule has 0 amide bonds. The number of halogens is 1. The third-order valence-corrected chi connectivity index (χ3v) is 3.50. The maximum absolute atomic E-state index is 13.2. The van der Waals surface area contributed by atoms with Crippen LogP contribution in [-0.2, 0) is 6.61 Å². The Hall–Kier alpha value is -3.09. The first-order valence-electron chi connectivity index (χ1n) is 8.39. The Kier molecular flexibility index (Phi) is 5.68. The number of nitrogens with zero attached hydrogens (tertiary/aromatic N) is 2. The van der Waals surface area contributed by atoms with E-state index in [0.717, 1.165) is 5.56 Å². The quantitative estimate of drug-likeness (QED) is 0.660. The molecule has 6 nitrogen and oxygen atoms in total. The number of hydrogen-bond donors (Lipinski definition) is 1. The van der Waals surface area contributed by atoms with Crippen molar-refractivity contribution in [1.29, 1.82) is 0 Å². The van der Waals surface area contributed by atoms with E-state index in [-0.39, 0.29) is 12.4 Å². The lowest BCUT2D eigenvalue weighted by molar-refractivity contribution is 0.288. The van der Waals surface area contributed by atoms with Gasteiger partial charge in [-0.15, -0.1) is 0 Å². The van der Waals surface area contributed by atoms with Gasteiger partial charge in [-0.3, -0.25) is 5.10 Å². The van der Waals surface area contributed by atoms with Crippen LogP contribution in [0.25, 0.3) is 11.4 Å². The Morgan fingerprint density at radius 3 is 2.54 bits per heavy atom. The molecular formula is C19H20FN3O3. The summed E-state index contributed by atoms with van der Waals surface area (Å²) in [6.45, 7) is 5.08. The molecule has 0 aliphatic rings. The predicted octanol–water partition coefficient (Wildman–Crippen LogP) is 3.99. The molecule has 136 valence electrons. The van der Waals surface area contributed by atoms with Gasteiger partial charge in [-0.1, -0.05) is 6.07 Å². The highest BCUT2D eigenvalue weighted by atomic mass is 19.1. The molecule has 3 rings (SSSR count). The van der Waals surface area contributed by atoms with E-state index in [1.54, 1.807) is 12.1 Å². The largest absolute Gasteiger partial charge is 0.490 e. The molecule has 0 atom stereocenters. The van der Waals surface area contributed by atoms with Crippen LogP contribution >= 0.6 is 0 Å². The molecule has 3 aromatic rings. The van der Waals surface area contributed by atoms with E-state index in [9.17, 15) is 4.39 Å². The van der Waals surface area contributed by atoms with Crippen molar-refractivity contribution in [3.8, 4) is 28.6 Å². The summed E-state index contributed by atoms with van der Waals surface area (Å²) in [5, 5.41) is 7.04. The molecule has 0 radical (unpaired) electrons. The first-order valence-corrected chi connectivity index (χ1v) is 8.39. The molecule has 1 N–H and O–H groups in total. The lowest BCUT2D eigenvalue weighted by Crippen LogP contribution is -1.99. The van der Waals surface area contributed by atoms with Gasteiger partial charge in [0.2, 0.25) is 0 Å². The molecule has 0 saturated carbocycles. The minimum absolute atomic E-state index is 0.159. The van der Waals surface area contributed by atoms with Crippen LogP contribution in [0.5, 0.6) is 17.2 Å².